The van der Waals surface area contributed by atoms with Crippen LogP contribution in [-0.2, 0) is 6.42 Å². The third-order valence-corrected chi connectivity index (χ3v) is 6.37. The fourth-order valence-electron chi connectivity index (χ4n) is 4.85. The molecular formula is C32H26O. The first-order chi connectivity index (χ1) is 16.4. The van der Waals surface area contributed by atoms with Crippen LogP contribution in [0, 0.1) is 0 Å². The topological polar surface area (TPSA) is 20.2 Å². The molecule has 0 spiro atoms. The second kappa shape index (κ2) is 9.28. The Morgan fingerprint density at radius 2 is 0.879 bits per heavy atom. The van der Waals surface area contributed by atoms with Crippen molar-refractivity contribution in [3.05, 3.63) is 132 Å². The number of benzene rings is 5. The molecule has 0 aromatic heterocycles. The van der Waals surface area contributed by atoms with E-state index in [1.54, 1.807) is 0 Å². The maximum atomic E-state index is 7.00. The number of aliphatic hydroxyl groups excluding tert-OH is 1. The standard InChI is InChI=1S/C31H22.CH4O/c1-2-9-22(10-3-1)23-17-19-24(20-18-23)26-12-6-7-14-28(26)30-16-8-15-29-27-13-5-4-11-25(27)21-31(29)30;1-2/h1-20H,21H2;2H,1H3. The Morgan fingerprint density at radius 3 is 1.61 bits per heavy atom. The molecule has 6 rings (SSSR count). The highest BCUT2D eigenvalue weighted by Crippen LogP contribution is 2.43. The van der Waals surface area contributed by atoms with E-state index in [1.165, 1.54) is 55.6 Å². The lowest BCUT2D eigenvalue weighted by molar-refractivity contribution is 0.399. The van der Waals surface area contributed by atoms with Crippen molar-refractivity contribution < 1.29 is 5.11 Å². The van der Waals surface area contributed by atoms with E-state index in [0.29, 0.717) is 0 Å². The van der Waals surface area contributed by atoms with Crippen molar-refractivity contribution in [3.8, 4) is 44.5 Å². The largest absolute Gasteiger partial charge is 0.400 e. The molecule has 0 heterocycles. The summed E-state index contributed by atoms with van der Waals surface area (Å²) in [5.74, 6) is 0. The van der Waals surface area contributed by atoms with Crippen LogP contribution in [0.3, 0.4) is 0 Å². The van der Waals surface area contributed by atoms with Crippen LogP contribution in [0.25, 0.3) is 44.5 Å². The Kier molecular flexibility index (Phi) is 5.89. The second-order valence-electron chi connectivity index (χ2n) is 8.15. The van der Waals surface area contributed by atoms with E-state index < -0.39 is 0 Å². The van der Waals surface area contributed by atoms with Gasteiger partial charge >= 0.3 is 0 Å². The van der Waals surface area contributed by atoms with Gasteiger partial charge in [-0.25, -0.2) is 0 Å². The monoisotopic (exact) mass is 426 g/mol. The third-order valence-electron chi connectivity index (χ3n) is 6.37. The van der Waals surface area contributed by atoms with Crippen LogP contribution in [0.1, 0.15) is 11.1 Å². The lowest BCUT2D eigenvalue weighted by atomic mass is 9.89. The van der Waals surface area contributed by atoms with Gasteiger partial charge in [0.1, 0.15) is 0 Å². The average Bonchev–Trinajstić information content (AvgIpc) is 3.29. The summed E-state index contributed by atoms with van der Waals surface area (Å²) in [6, 6.07) is 43.9. The molecule has 33 heavy (non-hydrogen) atoms. The Labute approximate surface area is 195 Å². The summed E-state index contributed by atoms with van der Waals surface area (Å²) in [5, 5.41) is 7.00. The van der Waals surface area contributed by atoms with E-state index in [0.717, 1.165) is 13.5 Å². The molecule has 1 nitrogen and oxygen atoms in total. The minimum Gasteiger partial charge on any atom is -0.400 e. The van der Waals surface area contributed by atoms with Gasteiger partial charge in [-0.1, -0.05) is 121 Å². The molecule has 0 amide bonds. The molecule has 5 aromatic carbocycles. The summed E-state index contributed by atoms with van der Waals surface area (Å²) >= 11 is 0. The summed E-state index contributed by atoms with van der Waals surface area (Å²) in [7, 11) is 1.00. The van der Waals surface area contributed by atoms with Gasteiger partial charge < -0.3 is 5.11 Å². The van der Waals surface area contributed by atoms with Gasteiger partial charge in [-0.15, -0.1) is 0 Å². The molecule has 160 valence electrons. The molecular weight excluding hydrogens is 400 g/mol. The number of rotatable bonds is 3. The molecule has 0 fully saturated rings. The normalized spacial score (nSPS) is 11.2. The summed E-state index contributed by atoms with van der Waals surface area (Å²) in [6.07, 6.45) is 1.00. The Balaban J connectivity index is 0.00000111. The van der Waals surface area contributed by atoms with E-state index in [4.69, 9.17) is 5.11 Å². The zero-order valence-electron chi connectivity index (χ0n) is 18.7. The molecule has 0 bridgehead atoms. The van der Waals surface area contributed by atoms with E-state index in [9.17, 15) is 0 Å². The van der Waals surface area contributed by atoms with Crippen LogP contribution >= 0.6 is 0 Å². The summed E-state index contributed by atoms with van der Waals surface area (Å²) in [6.45, 7) is 0. The number of hydrogen-bond acceptors (Lipinski definition) is 1. The molecule has 1 aliphatic rings. The van der Waals surface area contributed by atoms with Crippen LogP contribution in [0.4, 0.5) is 0 Å². The average molecular weight is 427 g/mol. The van der Waals surface area contributed by atoms with Crippen molar-refractivity contribution in [1.29, 1.82) is 0 Å². The minimum absolute atomic E-state index is 1.00. The number of fused-ring (bicyclic) bond motifs is 3. The zero-order valence-corrected chi connectivity index (χ0v) is 18.7. The second-order valence-corrected chi connectivity index (χ2v) is 8.15. The van der Waals surface area contributed by atoms with Crippen LogP contribution in [-0.4, -0.2) is 12.2 Å². The van der Waals surface area contributed by atoms with Gasteiger partial charge in [-0.05, 0) is 62.1 Å². The SMILES string of the molecule is CO.c1ccc(-c2ccc(-c3ccccc3-c3cccc4c3Cc3ccccc3-4)cc2)cc1. The highest BCUT2D eigenvalue weighted by molar-refractivity contribution is 5.91. The van der Waals surface area contributed by atoms with Gasteiger partial charge in [0.05, 0.1) is 0 Å². The summed E-state index contributed by atoms with van der Waals surface area (Å²) < 4.78 is 0. The Bertz CT molecular complexity index is 1380. The van der Waals surface area contributed by atoms with Gasteiger partial charge in [-0.3, -0.25) is 0 Å². The lowest BCUT2D eigenvalue weighted by Gasteiger charge is -2.14. The van der Waals surface area contributed by atoms with Crippen molar-refractivity contribution >= 4 is 0 Å². The molecule has 5 aromatic rings. The highest BCUT2D eigenvalue weighted by Gasteiger charge is 2.22. The molecule has 0 unspecified atom stereocenters. The third kappa shape index (κ3) is 3.88. The van der Waals surface area contributed by atoms with Crippen LogP contribution in [0.5, 0.6) is 0 Å². The first-order valence-corrected chi connectivity index (χ1v) is 11.3. The van der Waals surface area contributed by atoms with Gasteiger partial charge in [-0.2, -0.15) is 0 Å². The van der Waals surface area contributed by atoms with Gasteiger partial charge in [0, 0.05) is 7.11 Å². The predicted molar refractivity (Wildman–Crippen MR) is 139 cm³/mol. The molecule has 0 atom stereocenters. The highest BCUT2D eigenvalue weighted by atomic mass is 16.2. The van der Waals surface area contributed by atoms with Crippen LogP contribution in [0.15, 0.2) is 121 Å². The van der Waals surface area contributed by atoms with E-state index in [2.05, 4.69) is 121 Å². The molecule has 0 saturated heterocycles. The first-order valence-electron chi connectivity index (χ1n) is 11.3. The maximum Gasteiger partial charge on any atom is 0.0319 e. The summed E-state index contributed by atoms with van der Waals surface area (Å²) in [4.78, 5) is 0. The van der Waals surface area contributed by atoms with Crippen molar-refractivity contribution in [1.82, 2.24) is 0 Å². The zero-order chi connectivity index (χ0) is 22.6. The quantitative estimate of drug-likeness (QED) is 0.305. The Hall–Kier alpha value is -3.94. The van der Waals surface area contributed by atoms with Crippen molar-refractivity contribution in [2.45, 2.75) is 6.42 Å². The van der Waals surface area contributed by atoms with E-state index in [-0.39, 0.29) is 0 Å². The van der Waals surface area contributed by atoms with E-state index >= 15 is 0 Å². The molecule has 0 radical (unpaired) electrons. The summed E-state index contributed by atoms with van der Waals surface area (Å²) in [5.41, 5.74) is 13.3. The minimum atomic E-state index is 1.00. The molecule has 1 N–H and O–H groups in total. The predicted octanol–water partition coefficient (Wildman–Crippen LogP) is 7.87. The number of hydrogen-bond donors (Lipinski definition) is 1. The van der Waals surface area contributed by atoms with Gasteiger partial charge in [0.2, 0.25) is 0 Å². The van der Waals surface area contributed by atoms with Crippen LogP contribution in [0.2, 0.25) is 0 Å². The fourth-order valence-corrected chi connectivity index (χ4v) is 4.85. The van der Waals surface area contributed by atoms with Crippen molar-refractivity contribution in [2.24, 2.45) is 0 Å². The molecule has 0 aliphatic heterocycles. The van der Waals surface area contributed by atoms with Crippen LogP contribution < -0.4 is 0 Å². The molecule has 1 heteroatoms. The smallest absolute Gasteiger partial charge is 0.0319 e. The van der Waals surface area contributed by atoms with Crippen molar-refractivity contribution in [2.75, 3.05) is 7.11 Å². The van der Waals surface area contributed by atoms with Gasteiger partial charge in [0.25, 0.3) is 0 Å². The lowest BCUT2D eigenvalue weighted by Crippen LogP contribution is -1.91. The molecule has 0 saturated carbocycles. The first kappa shape index (κ1) is 20.9. The molecule has 1 aliphatic carbocycles. The van der Waals surface area contributed by atoms with E-state index in [1.807, 2.05) is 0 Å². The maximum absolute atomic E-state index is 7.00. The fraction of sp³-hybridized carbons (Fsp3) is 0.0625. The van der Waals surface area contributed by atoms with Crippen molar-refractivity contribution in [3.63, 3.8) is 0 Å². The Morgan fingerprint density at radius 1 is 0.394 bits per heavy atom. The number of aliphatic hydroxyl groups is 1. The van der Waals surface area contributed by atoms with Gasteiger partial charge in [0.15, 0.2) is 0 Å².